The van der Waals surface area contributed by atoms with Crippen LogP contribution in [0.15, 0.2) is 47.6 Å². The van der Waals surface area contributed by atoms with Gasteiger partial charge >= 0.3 is 6.11 Å². The second-order valence-corrected chi connectivity index (χ2v) is 5.78. The highest BCUT2D eigenvalue weighted by atomic mass is 19.3. The molecule has 0 N–H and O–H groups in total. The molecule has 0 fully saturated rings. The molecular formula is C19H24F2O. The molecule has 1 aliphatic rings. The van der Waals surface area contributed by atoms with Gasteiger partial charge in [0.05, 0.1) is 0 Å². The lowest BCUT2D eigenvalue weighted by Crippen LogP contribution is -2.28. The third kappa shape index (κ3) is 4.43. The number of rotatable bonds is 7. The van der Waals surface area contributed by atoms with E-state index in [4.69, 9.17) is 4.74 Å². The Morgan fingerprint density at radius 3 is 2.18 bits per heavy atom. The van der Waals surface area contributed by atoms with Crippen molar-refractivity contribution in [2.45, 2.75) is 58.5 Å². The molecule has 3 heteroatoms. The number of hydrogen-bond donors (Lipinski definition) is 0. The van der Waals surface area contributed by atoms with Gasteiger partial charge in [0.25, 0.3) is 0 Å². The van der Waals surface area contributed by atoms with E-state index in [-0.39, 0.29) is 11.3 Å². The van der Waals surface area contributed by atoms with Crippen LogP contribution < -0.4 is 4.74 Å². The van der Waals surface area contributed by atoms with Gasteiger partial charge in [-0.05, 0) is 43.4 Å². The summed E-state index contributed by atoms with van der Waals surface area (Å²) in [7, 11) is 0. The molecule has 0 unspecified atom stereocenters. The second kappa shape index (κ2) is 7.57. The van der Waals surface area contributed by atoms with Crippen molar-refractivity contribution in [3.05, 3.63) is 53.1 Å². The van der Waals surface area contributed by atoms with Gasteiger partial charge in [-0.2, -0.15) is 8.78 Å². The molecule has 0 bridgehead atoms. The third-order valence-electron chi connectivity index (χ3n) is 3.89. The molecule has 0 saturated carbocycles. The van der Waals surface area contributed by atoms with Crippen molar-refractivity contribution >= 4 is 0 Å². The molecule has 22 heavy (non-hydrogen) atoms. The van der Waals surface area contributed by atoms with Crippen molar-refractivity contribution in [2.24, 2.45) is 0 Å². The van der Waals surface area contributed by atoms with Gasteiger partial charge in [0.1, 0.15) is 5.75 Å². The first-order valence-corrected chi connectivity index (χ1v) is 8.10. The standard InChI is InChI=1S/C19H24F2O/c1-3-5-15-7-11-17(12-8-15)19(20,21)22-18-13-9-16(6-4-2)10-14-18/h7,9-11,13-14H,3-6,8,12H2,1-2H3. The number of hydrogen-bond acceptors (Lipinski definition) is 1. The summed E-state index contributed by atoms with van der Waals surface area (Å²) in [5.41, 5.74) is 2.44. The maximum Gasteiger partial charge on any atom is 0.422 e. The minimum absolute atomic E-state index is 0.0602. The minimum atomic E-state index is -3.24. The van der Waals surface area contributed by atoms with Crippen molar-refractivity contribution in [3.63, 3.8) is 0 Å². The fraction of sp³-hybridized carbons (Fsp3) is 0.474. The summed E-state index contributed by atoms with van der Waals surface area (Å²) in [6.45, 7) is 4.19. The number of halogens is 2. The van der Waals surface area contributed by atoms with Crippen LogP contribution in [0.2, 0.25) is 0 Å². The molecule has 120 valence electrons. The Morgan fingerprint density at radius 2 is 1.64 bits per heavy atom. The first-order chi connectivity index (χ1) is 10.5. The molecule has 0 amide bonds. The smallest absolute Gasteiger partial charge is 0.422 e. The van der Waals surface area contributed by atoms with Crippen molar-refractivity contribution in [1.29, 1.82) is 0 Å². The number of ether oxygens (including phenoxy) is 1. The highest BCUT2D eigenvalue weighted by molar-refractivity contribution is 5.31. The monoisotopic (exact) mass is 306 g/mol. The van der Waals surface area contributed by atoms with E-state index in [0.29, 0.717) is 12.8 Å². The lowest BCUT2D eigenvalue weighted by molar-refractivity contribution is -0.144. The van der Waals surface area contributed by atoms with Crippen LogP contribution in [0.25, 0.3) is 0 Å². The Hall–Kier alpha value is -1.64. The Bertz CT molecular complexity index is 541. The van der Waals surface area contributed by atoms with Crippen molar-refractivity contribution < 1.29 is 13.5 Å². The van der Waals surface area contributed by atoms with E-state index in [1.807, 2.05) is 18.2 Å². The van der Waals surface area contributed by atoms with Crippen molar-refractivity contribution in [3.8, 4) is 5.75 Å². The van der Waals surface area contributed by atoms with Crippen LogP contribution in [-0.2, 0) is 6.42 Å². The average Bonchev–Trinajstić information content (AvgIpc) is 2.50. The molecule has 0 radical (unpaired) electrons. The van der Waals surface area contributed by atoms with E-state index in [1.54, 1.807) is 12.1 Å². The third-order valence-corrected chi connectivity index (χ3v) is 3.89. The van der Waals surface area contributed by atoms with Gasteiger partial charge in [-0.3, -0.25) is 0 Å². The van der Waals surface area contributed by atoms with Gasteiger partial charge in [0.15, 0.2) is 0 Å². The Labute approximate surface area is 131 Å². The lowest BCUT2D eigenvalue weighted by atomic mass is 9.95. The maximum atomic E-state index is 14.2. The zero-order chi connectivity index (χ0) is 16.0. The summed E-state index contributed by atoms with van der Waals surface area (Å²) in [6, 6.07) is 6.95. The highest BCUT2D eigenvalue weighted by Gasteiger charge is 2.37. The zero-order valence-electron chi connectivity index (χ0n) is 13.4. The van der Waals surface area contributed by atoms with Crippen LogP contribution >= 0.6 is 0 Å². The number of aryl methyl sites for hydroxylation is 1. The average molecular weight is 306 g/mol. The zero-order valence-corrected chi connectivity index (χ0v) is 13.4. The van der Waals surface area contributed by atoms with Crippen molar-refractivity contribution in [2.75, 3.05) is 0 Å². The van der Waals surface area contributed by atoms with E-state index in [2.05, 4.69) is 13.8 Å². The maximum absolute atomic E-state index is 14.2. The van der Waals surface area contributed by atoms with Gasteiger partial charge in [-0.25, -0.2) is 0 Å². The SMILES string of the molecule is CCCC1=CC=C(C(F)(F)Oc2ccc(CCC)cc2)CC1. The van der Waals surface area contributed by atoms with Crippen LogP contribution in [0.3, 0.4) is 0 Å². The Kier molecular flexibility index (Phi) is 5.76. The lowest BCUT2D eigenvalue weighted by Gasteiger charge is -2.23. The van der Waals surface area contributed by atoms with E-state index in [0.717, 1.165) is 31.2 Å². The number of allylic oxidation sites excluding steroid dienone is 3. The van der Waals surface area contributed by atoms with Crippen LogP contribution in [-0.4, -0.2) is 6.11 Å². The van der Waals surface area contributed by atoms with Gasteiger partial charge in [-0.1, -0.05) is 56.5 Å². The molecule has 0 aromatic heterocycles. The van der Waals surface area contributed by atoms with E-state index < -0.39 is 6.11 Å². The van der Waals surface area contributed by atoms with Gasteiger partial charge in [0, 0.05) is 5.57 Å². The summed E-state index contributed by atoms with van der Waals surface area (Å²) in [5.74, 6) is 0.217. The van der Waals surface area contributed by atoms with Gasteiger partial charge < -0.3 is 4.74 Å². The molecule has 2 rings (SSSR count). The molecule has 0 atom stereocenters. The number of benzene rings is 1. The Morgan fingerprint density at radius 1 is 0.955 bits per heavy atom. The molecule has 1 aromatic carbocycles. The van der Waals surface area contributed by atoms with Gasteiger partial charge in [-0.15, -0.1) is 0 Å². The fourth-order valence-electron chi connectivity index (χ4n) is 2.68. The number of alkyl halides is 2. The molecule has 1 nitrogen and oxygen atoms in total. The summed E-state index contributed by atoms with van der Waals surface area (Å²) in [4.78, 5) is 0. The molecular weight excluding hydrogens is 282 g/mol. The summed E-state index contributed by atoms with van der Waals surface area (Å²) >= 11 is 0. The summed E-state index contributed by atoms with van der Waals surface area (Å²) in [6.07, 6.45) is 5.20. The fourth-order valence-corrected chi connectivity index (χ4v) is 2.68. The first kappa shape index (κ1) is 16.7. The van der Waals surface area contributed by atoms with Crippen molar-refractivity contribution in [1.82, 2.24) is 0 Å². The first-order valence-electron chi connectivity index (χ1n) is 8.10. The molecule has 1 aliphatic carbocycles. The van der Waals surface area contributed by atoms with Crippen LogP contribution in [0, 0.1) is 0 Å². The van der Waals surface area contributed by atoms with E-state index >= 15 is 0 Å². The van der Waals surface area contributed by atoms with Gasteiger partial charge in [0.2, 0.25) is 0 Å². The van der Waals surface area contributed by atoms with Crippen LogP contribution in [0.1, 0.15) is 51.5 Å². The largest absolute Gasteiger partial charge is 0.429 e. The molecule has 0 heterocycles. The molecule has 0 saturated heterocycles. The van der Waals surface area contributed by atoms with Crippen LogP contribution in [0.5, 0.6) is 5.75 Å². The topological polar surface area (TPSA) is 9.23 Å². The molecule has 0 spiro atoms. The predicted molar refractivity (Wildman–Crippen MR) is 86.3 cm³/mol. The Balaban J connectivity index is 2.04. The minimum Gasteiger partial charge on any atom is -0.429 e. The predicted octanol–water partition coefficient (Wildman–Crippen LogP) is 6.06. The van der Waals surface area contributed by atoms with Crippen LogP contribution in [0.4, 0.5) is 8.78 Å². The second-order valence-electron chi connectivity index (χ2n) is 5.78. The molecule has 1 aromatic rings. The normalized spacial score (nSPS) is 15.3. The summed E-state index contributed by atoms with van der Waals surface area (Å²) < 4.78 is 33.4. The summed E-state index contributed by atoms with van der Waals surface area (Å²) in [5, 5.41) is 0. The quantitative estimate of drug-likeness (QED) is 0.595. The van der Waals surface area contributed by atoms with E-state index in [1.165, 1.54) is 11.6 Å². The highest BCUT2D eigenvalue weighted by Crippen LogP contribution is 2.35. The molecule has 0 aliphatic heterocycles. The van der Waals surface area contributed by atoms with E-state index in [9.17, 15) is 8.78 Å².